The van der Waals surface area contributed by atoms with Crippen LogP contribution in [-0.2, 0) is 16.7 Å². The van der Waals surface area contributed by atoms with Gasteiger partial charge in [0, 0.05) is 0 Å². The van der Waals surface area contributed by atoms with Crippen LogP contribution in [0.15, 0.2) is 18.7 Å². The van der Waals surface area contributed by atoms with Crippen molar-refractivity contribution in [2.75, 3.05) is 0 Å². The molecule has 0 radical (unpaired) electrons. The Hall–Kier alpha value is -0.765. The third-order valence-corrected chi connectivity index (χ3v) is 5.49. The van der Waals surface area contributed by atoms with Crippen LogP contribution in [-0.4, -0.2) is 17.0 Å². The second-order valence-electron chi connectivity index (χ2n) is 9.27. The second-order valence-corrected chi connectivity index (χ2v) is 9.27. The molecule has 0 aliphatic heterocycles. The molecule has 23 heavy (non-hydrogen) atoms. The first-order chi connectivity index (χ1) is 10.5. The normalized spacial score (nSPS) is 15.0. The lowest BCUT2D eigenvalue weighted by Gasteiger charge is -2.46. The molecule has 1 heterocycles. The highest BCUT2D eigenvalue weighted by molar-refractivity contribution is 6.73. The summed E-state index contributed by atoms with van der Waals surface area (Å²) in [6, 6.07) is 0. The molecular formula is C19H39BN2O. The average molecular weight is 322 g/mol. The fourth-order valence-electron chi connectivity index (χ4n) is 3.11. The van der Waals surface area contributed by atoms with Crippen LogP contribution in [0.1, 0.15) is 62.3 Å². The predicted octanol–water partition coefficient (Wildman–Crippen LogP) is 4.97. The number of hydrogen-bond acceptors (Lipinski definition) is 1. The molecule has 0 fully saturated rings. The molecular weight excluding hydrogens is 283 g/mol. The number of hydrogen-bond donors (Lipinski definition) is 0. The van der Waals surface area contributed by atoms with Crippen molar-refractivity contribution in [3.05, 3.63) is 18.7 Å². The van der Waals surface area contributed by atoms with Crippen LogP contribution in [0.5, 0.6) is 0 Å². The van der Waals surface area contributed by atoms with Crippen LogP contribution < -0.4 is 4.57 Å². The van der Waals surface area contributed by atoms with Crippen molar-refractivity contribution in [2.45, 2.75) is 99.5 Å². The van der Waals surface area contributed by atoms with Crippen molar-refractivity contribution in [3.8, 4) is 0 Å². The van der Waals surface area contributed by atoms with Crippen LogP contribution >= 0.6 is 0 Å². The van der Waals surface area contributed by atoms with Gasteiger partial charge in [-0.15, -0.1) is 0 Å². The zero-order valence-corrected chi connectivity index (χ0v) is 17.0. The van der Waals surface area contributed by atoms with Crippen molar-refractivity contribution in [1.82, 2.24) is 4.57 Å². The Labute approximate surface area is 144 Å². The van der Waals surface area contributed by atoms with Gasteiger partial charge in [0.1, 0.15) is 30.8 Å². The van der Waals surface area contributed by atoms with E-state index in [0.29, 0.717) is 0 Å². The molecule has 1 aromatic rings. The van der Waals surface area contributed by atoms with Gasteiger partial charge in [-0.2, -0.15) is 19.0 Å². The summed E-state index contributed by atoms with van der Waals surface area (Å²) in [7, 11) is 0. The van der Waals surface area contributed by atoms with Gasteiger partial charge in [0.2, 0.25) is 6.33 Å². The van der Waals surface area contributed by atoms with Gasteiger partial charge in [0.15, 0.2) is 0 Å². The van der Waals surface area contributed by atoms with E-state index in [4.69, 9.17) is 4.65 Å². The number of imidazole rings is 1. The van der Waals surface area contributed by atoms with Crippen molar-refractivity contribution in [3.63, 3.8) is 0 Å². The zero-order valence-electron chi connectivity index (χ0n) is 17.0. The van der Waals surface area contributed by atoms with Gasteiger partial charge in [0.05, 0.1) is 6.10 Å². The van der Waals surface area contributed by atoms with E-state index >= 15 is 0 Å². The second kappa shape index (κ2) is 7.42. The van der Waals surface area contributed by atoms with Crippen LogP contribution in [0.3, 0.4) is 0 Å². The Morgan fingerprint density at radius 1 is 1.00 bits per heavy atom. The summed E-state index contributed by atoms with van der Waals surface area (Å²) in [6.45, 7) is 21.3. The number of aromatic nitrogens is 2. The lowest BCUT2D eigenvalue weighted by atomic mass is 9.34. The van der Waals surface area contributed by atoms with Gasteiger partial charge >= 0.3 is 0 Å². The van der Waals surface area contributed by atoms with Crippen molar-refractivity contribution in [1.29, 1.82) is 0 Å². The summed E-state index contributed by atoms with van der Waals surface area (Å²) in [5.74, 6) is 0. The number of nitrogens with zero attached hydrogens (tertiary/aromatic N) is 2. The molecule has 4 heteroatoms. The van der Waals surface area contributed by atoms with Crippen molar-refractivity contribution < 1.29 is 9.22 Å². The minimum atomic E-state index is -0.715. The summed E-state index contributed by atoms with van der Waals surface area (Å²) in [5, 5.41) is 0. The van der Waals surface area contributed by atoms with Gasteiger partial charge in [-0.05, 0) is 26.2 Å². The smallest absolute Gasteiger partial charge is 0.244 e. The molecule has 1 rings (SSSR count). The Bertz CT molecular complexity index is 470. The fraction of sp³-hybridized carbons (Fsp3) is 0.842. The highest BCUT2D eigenvalue weighted by atomic mass is 16.5. The average Bonchev–Trinajstić information content (AvgIpc) is 2.91. The first-order valence-electron chi connectivity index (χ1n) is 9.42. The van der Waals surface area contributed by atoms with Crippen LogP contribution in [0, 0.1) is 5.41 Å². The third-order valence-electron chi connectivity index (χ3n) is 5.49. The van der Waals surface area contributed by atoms with Crippen molar-refractivity contribution in [2.24, 2.45) is 5.41 Å². The lowest BCUT2D eigenvalue weighted by molar-refractivity contribution is -0.704. The van der Waals surface area contributed by atoms with E-state index in [9.17, 15) is 0 Å². The van der Waals surface area contributed by atoms with E-state index in [-0.39, 0.29) is 17.1 Å². The summed E-state index contributed by atoms with van der Waals surface area (Å²) in [5.41, 5.74) is 0.247. The van der Waals surface area contributed by atoms with E-state index in [1.165, 1.54) is 0 Å². The molecule has 0 saturated carbocycles. The summed E-state index contributed by atoms with van der Waals surface area (Å²) < 4.78 is 11.3. The van der Waals surface area contributed by atoms with Gasteiger partial charge in [-0.1, -0.05) is 41.5 Å². The molecule has 134 valence electrons. The van der Waals surface area contributed by atoms with Crippen molar-refractivity contribution >= 4 is 6.35 Å². The Morgan fingerprint density at radius 2 is 1.52 bits per heavy atom. The molecule has 0 bridgehead atoms. The van der Waals surface area contributed by atoms with E-state index < -0.39 is 6.35 Å². The third kappa shape index (κ3) is 5.37. The monoisotopic (exact) mass is 322 g/mol. The minimum Gasteiger partial charge on any atom is -0.585 e. The molecule has 0 aromatic carbocycles. The molecule has 3 nitrogen and oxygen atoms in total. The number of rotatable bonds is 7. The minimum absolute atomic E-state index is 0.118. The quantitative estimate of drug-likeness (QED) is 0.512. The summed E-state index contributed by atoms with van der Waals surface area (Å²) >= 11 is 0. The summed E-state index contributed by atoms with van der Waals surface area (Å²) in [4.78, 5) is 0. The van der Waals surface area contributed by atoms with Crippen LogP contribution in [0.25, 0.3) is 0 Å². The standard InChI is InChI=1S/C19H39BN2O/c1-10-20(11-2,12-3)23-17(18(4,5)6)15-21-13-14-22(16-21)19(7,8)9/h13-14,16-17H,10-12,15H2,1-9H3/t17-/m1/s1. The largest absolute Gasteiger partial charge is 0.585 e. The van der Waals surface area contributed by atoms with E-state index in [1.807, 2.05) is 0 Å². The van der Waals surface area contributed by atoms with Crippen LogP contribution in [0.4, 0.5) is 0 Å². The van der Waals surface area contributed by atoms with Crippen LogP contribution in [0.2, 0.25) is 19.0 Å². The Balaban J connectivity index is 2.98. The zero-order chi connectivity index (χ0) is 17.9. The van der Waals surface area contributed by atoms with Gasteiger partial charge < -0.3 is 4.65 Å². The Morgan fingerprint density at radius 3 is 1.87 bits per heavy atom. The Kier molecular flexibility index (Phi) is 6.54. The van der Waals surface area contributed by atoms with E-state index in [0.717, 1.165) is 25.5 Å². The molecule has 0 unspecified atom stereocenters. The molecule has 0 aliphatic carbocycles. The maximum Gasteiger partial charge on any atom is 0.244 e. The fourth-order valence-corrected chi connectivity index (χ4v) is 3.11. The van der Waals surface area contributed by atoms with Gasteiger partial charge in [0.25, 0.3) is 0 Å². The molecule has 0 saturated heterocycles. The van der Waals surface area contributed by atoms with E-state index in [2.05, 4.69) is 90.2 Å². The first kappa shape index (κ1) is 20.3. The maximum absolute atomic E-state index is 6.78. The highest BCUT2D eigenvalue weighted by Gasteiger charge is 2.32. The lowest BCUT2D eigenvalue weighted by Crippen LogP contribution is -2.51. The molecule has 0 N–H and O–H groups in total. The first-order valence-corrected chi connectivity index (χ1v) is 9.42. The predicted molar refractivity (Wildman–Crippen MR) is 101 cm³/mol. The molecule has 1 aromatic heterocycles. The maximum atomic E-state index is 6.78. The van der Waals surface area contributed by atoms with Gasteiger partial charge in [-0.25, -0.2) is 9.13 Å². The molecule has 0 aliphatic rings. The highest BCUT2D eigenvalue weighted by Crippen LogP contribution is 2.31. The topological polar surface area (TPSA) is 18.0 Å². The molecule has 0 spiro atoms. The SMILES string of the molecule is CC[B-](CC)(CC)O[C@H](C[n+]1ccn(C(C)(C)C)c1)C(C)(C)C. The summed E-state index contributed by atoms with van der Waals surface area (Å²) in [6.07, 6.45) is 9.45. The molecule has 0 amide bonds. The van der Waals surface area contributed by atoms with E-state index in [1.54, 1.807) is 0 Å². The van der Waals surface area contributed by atoms with Gasteiger partial charge in [-0.3, -0.25) is 0 Å². The molecule has 1 atom stereocenters.